The molecule has 16 heavy (non-hydrogen) atoms. The Hall–Kier alpha value is -0.120. The van der Waals surface area contributed by atoms with Gasteiger partial charge in [0.05, 0.1) is 19.3 Å². The van der Waals surface area contributed by atoms with Crippen LogP contribution in [0.4, 0.5) is 0 Å². The highest BCUT2D eigenvalue weighted by molar-refractivity contribution is 4.43. The summed E-state index contributed by atoms with van der Waals surface area (Å²) in [4.78, 5) is 0. The molecule has 0 rings (SSSR count). The van der Waals surface area contributed by atoms with Crippen LogP contribution in [0.5, 0.6) is 0 Å². The second kappa shape index (κ2) is 14.9. The van der Waals surface area contributed by atoms with Gasteiger partial charge < -0.3 is 14.2 Å². The Bertz CT molecular complexity index is 99.7. The van der Waals surface area contributed by atoms with Crippen molar-refractivity contribution >= 4 is 0 Å². The highest BCUT2D eigenvalue weighted by Gasteiger charge is 1.91. The molecule has 0 aliphatic rings. The van der Waals surface area contributed by atoms with E-state index in [1.54, 1.807) is 14.2 Å². The third kappa shape index (κ3) is 23.6. The Morgan fingerprint density at radius 2 is 1.38 bits per heavy atom. The quantitative estimate of drug-likeness (QED) is 0.604. The zero-order valence-corrected chi connectivity index (χ0v) is 11.9. The SMILES string of the molecule is COCCCC(C)C.COCCOC(C)C. The highest BCUT2D eigenvalue weighted by Crippen LogP contribution is 2.02. The molecule has 0 aromatic rings. The largest absolute Gasteiger partial charge is 0.385 e. The molecule has 0 amide bonds. The lowest BCUT2D eigenvalue weighted by Gasteiger charge is -2.04. The van der Waals surface area contributed by atoms with Gasteiger partial charge in [0.2, 0.25) is 0 Å². The van der Waals surface area contributed by atoms with Crippen LogP contribution in [0.25, 0.3) is 0 Å². The fourth-order valence-electron chi connectivity index (χ4n) is 1.00. The first kappa shape index (κ1) is 18.3. The van der Waals surface area contributed by atoms with E-state index < -0.39 is 0 Å². The van der Waals surface area contributed by atoms with E-state index >= 15 is 0 Å². The Kier molecular flexibility index (Phi) is 17.0. The van der Waals surface area contributed by atoms with Crippen molar-refractivity contribution in [1.82, 2.24) is 0 Å². The Labute approximate surface area is 101 Å². The van der Waals surface area contributed by atoms with Crippen LogP contribution >= 0.6 is 0 Å². The molecule has 0 unspecified atom stereocenters. The maximum atomic E-state index is 5.16. The van der Waals surface area contributed by atoms with Crippen LogP contribution in [-0.2, 0) is 14.2 Å². The molecular weight excluding hydrogens is 204 g/mol. The fourth-order valence-corrected chi connectivity index (χ4v) is 1.00. The van der Waals surface area contributed by atoms with Gasteiger partial charge in [0, 0.05) is 20.8 Å². The number of hydrogen-bond acceptors (Lipinski definition) is 3. The number of hydrogen-bond donors (Lipinski definition) is 0. The van der Waals surface area contributed by atoms with E-state index in [9.17, 15) is 0 Å². The molecule has 0 bridgehead atoms. The van der Waals surface area contributed by atoms with E-state index in [1.165, 1.54) is 12.8 Å². The predicted octanol–water partition coefficient (Wildman–Crippen LogP) is 3.13. The molecule has 0 aromatic carbocycles. The average molecular weight is 234 g/mol. The highest BCUT2D eigenvalue weighted by atomic mass is 16.5. The Morgan fingerprint density at radius 3 is 1.75 bits per heavy atom. The fraction of sp³-hybridized carbons (Fsp3) is 1.00. The van der Waals surface area contributed by atoms with Gasteiger partial charge >= 0.3 is 0 Å². The second-order valence-electron chi connectivity index (χ2n) is 4.44. The molecule has 0 fully saturated rings. The molecule has 0 N–H and O–H groups in total. The molecule has 0 aliphatic carbocycles. The third-order valence-corrected chi connectivity index (χ3v) is 1.87. The normalized spacial score (nSPS) is 10.5. The molecule has 100 valence electrons. The minimum absolute atomic E-state index is 0.324. The van der Waals surface area contributed by atoms with E-state index in [2.05, 4.69) is 13.8 Å². The summed E-state index contributed by atoms with van der Waals surface area (Å²) in [6.45, 7) is 10.8. The van der Waals surface area contributed by atoms with Crippen molar-refractivity contribution in [1.29, 1.82) is 0 Å². The first-order chi connectivity index (χ1) is 7.54. The van der Waals surface area contributed by atoms with Crippen LogP contribution in [-0.4, -0.2) is 40.1 Å². The Morgan fingerprint density at radius 1 is 0.812 bits per heavy atom. The lowest BCUT2D eigenvalue weighted by molar-refractivity contribution is 0.0351. The molecule has 0 heterocycles. The van der Waals surface area contributed by atoms with Gasteiger partial charge in [0.15, 0.2) is 0 Å². The van der Waals surface area contributed by atoms with Gasteiger partial charge in [0.25, 0.3) is 0 Å². The van der Waals surface area contributed by atoms with Gasteiger partial charge in [0.1, 0.15) is 0 Å². The second-order valence-corrected chi connectivity index (χ2v) is 4.44. The molecule has 0 aliphatic heterocycles. The lowest BCUT2D eigenvalue weighted by Crippen LogP contribution is -2.07. The zero-order valence-electron chi connectivity index (χ0n) is 11.9. The number of methoxy groups -OCH3 is 2. The van der Waals surface area contributed by atoms with Gasteiger partial charge in [-0.15, -0.1) is 0 Å². The van der Waals surface area contributed by atoms with E-state index in [0.29, 0.717) is 19.3 Å². The van der Waals surface area contributed by atoms with Crippen molar-refractivity contribution in [2.45, 2.75) is 46.6 Å². The van der Waals surface area contributed by atoms with Crippen molar-refractivity contribution in [3.8, 4) is 0 Å². The number of ether oxygens (including phenoxy) is 3. The topological polar surface area (TPSA) is 27.7 Å². The first-order valence-electron chi connectivity index (χ1n) is 6.14. The van der Waals surface area contributed by atoms with Crippen LogP contribution < -0.4 is 0 Å². The van der Waals surface area contributed by atoms with Crippen molar-refractivity contribution in [2.75, 3.05) is 34.0 Å². The summed E-state index contributed by atoms with van der Waals surface area (Å²) in [6, 6.07) is 0. The van der Waals surface area contributed by atoms with Gasteiger partial charge in [-0.05, 0) is 32.6 Å². The van der Waals surface area contributed by atoms with E-state index in [4.69, 9.17) is 14.2 Å². The number of rotatable bonds is 8. The lowest BCUT2D eigenvalue weighted by atomic mass is 10.1. The van der Waals surface area contributed by atoms with Crippen LogP contribution in [0, 0.1) is 5.92 Å². The maximum Gasteiger partial charge on any atom is 0.0703 e. The summed E-state index contributed by atoms with van der Waals surface area (Å²) in [7, 11) is 3.42. The molecule has 3 nitrogen and oxygen atoms in total. The van der Waals surface area contributed by atoms with Gasteiger partial charge in [-0.1, -0.05) is 13.8 Å². The average Bonchev–Trinajstić information content (AvgIpc) is 2.18. The summed E-state index contributed by atoms with van der Waals surface area (Å²) in [5.74, 6) is 0.824. The van der Waals surface area contributed by atoms with E-state index in [1.807, 2.05) is 13.8 Å². The smallest absolute Gasteiger partial charge is 0.0703 e. The molecule has 3 heteroatoms. The maximum absolute atomic E-state index is 5.16. The first-order valence-corrected chi connectivity index (χ1v) is 6.14. The summed E-state index contributed by atoms with van der Waals surface area (Å²) in [5.41, 5.74) is 0. The van der Waals surface area contributed by atoms with Gasteiger partial charge in [-0.25, -0.2) is 0 Å². The minimum Gasteiger partial charge on any atom is -0.385 e. The molecule has 0 saturated carbocycles. The zero-order chi connectivity index (χ0) is 12.8. The van der Waals surface area contributed by atoms with Crippen molar-refractivity contribution in [3.63, 3.8) is 0 Å². The van der Waals surface area contributed by atoms with Crippen LogP contribution in [0.15, 0.2) is 0 Å². The molecule has 0 radical (unpaired) electrons. The molecule has 0 saturated heterocycles. The van der Waals surface area contributed by atoms with Crippen LogP contribution in [0.3, 0.4) is 0 Å². The standard InChI is InChI=1S/C7H16O.C6H14O2/c1-7(2)5-4-6-8-3;1-6(2)8-5-4-7-3/h7H,4-6H2,1-3H3;6H,4-5H2,1-3H3. The summed E-state index contributed by atoms with van der Waals surface area (Å²) < 4.78 is 14.8. The minimum atomic E-state index is 0.324. The monoisotopic (exact) mass is 234 g/mol. The summed E-state index contributed by atoms with van der Waals surface area (Å²) in [6.07, 6.45) is 2.81. The van der Waals surface area contributed by atoms with E-state index in [-0.39, 0.29) is 0 Å². The molecule has 0 atom stereocenters. The summed E-state index contributed by atoms with van der Waals surface area (Å²) >= 11 is 0. The van der Waals surface area contributed by atoms with Crippen LogP contribution in [0.2, 0.25) is 0 Å². The van der Waals surface area contributed by atoms with Crippen LogP contribution in [0.1, 0.15) is 40.5 Å². The summed E-state index contributed by atoms with van der Waals surface area (Å²) in [5, 5.41) is 0. The van der Waals surface area contributed by atoms with Gasteiger partial charge in [-0.3, -0.25) is 0 Å². The van der Waals surface area contributed by atoms with E-state index in [0.717, 1.165) is 12.5 Å². The third-order valence-electron chi connectivity index (χ3n) is 1.87. The van der Waals surface area contributed by atoms with Crippen molar-refractivity contribution in [3.05, 3.63) is 0 Å². The molecule has 0 aromatic heterocycles. The Balaban J connectivity index is 0. The molecular formula is C13H30O3. The van der Waals surface area contributed by atoms with Gasteiger partial charge in [-0.2, -0.15) is 0 Å². The van der Waals surface area contributed by atoms with Crippen molar-refractivity contribution < 1.29 is 14.2 Å². The predicted molar refractivity (Wildman–Crippen MR) is 68.9 cm³/mol. The van der Waals surface area contributed by atoms with Crippen molar-refractivity contribution in [2.24, 2.45) is 5.92 Å². The molecule has 0 spiro atoms.